The highest BCUT2D eigenvalue weighted by Crippen LogP contribution is 2.41. The van der Waals surface area contributed by atoms with Gasteiger partial charge >= 0.3 is 6.09 Å². The lowest BCUT2D eigenvalue weighted by atomic mass is 10.0. The molecular formula is C27H38N6O6S. The number of aromatic nitrogens is 2. The van der Waals surface area contributed by atoms with E-state index in [1.54, 1.807) is 30.9 Å². The Bertz CT molecular complexity index is 1320. The number of hydrogen-bond donors (Lipinski definition) is 3. The number of rotatable bonds is 0. The normalized spacial score (nSPS) is 24.1. The molecule has 2 atom stereocenters. The highest BCUT2D eigenvalue weighted by molar-refractivity contribution is 7.89. The molecular weight excluding hydrogens is 536 g/mol. The smallest absolute Gasteiger partial charge is 0.407 e. The molecule has 4 aliphatic rings. The summed E-state index contributed by atoms with van der Waals surface area (Å²) in [4.78, 5) is 36.5. The number of fused-ring (bicyclic) bond motifs is 11. The maximum absolute atomic E-state index is 13.5. The van der Waals surface area contributed by atoms with Crippen LogP contribution in [0.4, 0.5) is 22.2 Å². The van der Waals surface area contributed by atoms with Crippen molar-refractivity contribution in [2.75, 3.05) is 23.3 Å². The number of anilines is 3. The van der Waals surface area contributed by atoms with E-state index in [0.29, 0.717) is 62.4 Å². The first-order valence-corrected chi connectivity index (χ1v) is 15.3. The minimum Gasteiger partial charge on any atom is -0.472 e. The number of carbonyl (C=O) groups excluding carboxylic acids is 2. The number of nitrogens with zero attached hydrogens (tertiary/aromatic N) is 3. The van der Waals surface area contributed by atoms with Crippen LogP contribution in [0.3, 0.4) is 0 Å². The monoisotopic (exact) mass is 574 g/mol. The van der Waals surface area contributed by atoms with Crippen LogP contribution >= 0.6 is 0 Å². The van der Waals surface area contributed by atoms with Crippen molar-refractivity contribution in [3.63, 3.8) is 0 Å². The summed E-state index contributed by atoms with van der Waals surface area (Å²) in [7, 11) is -3.66. The van der Waals surface area contributed by atoms with E-state index in [1.165, 1.54) is 18.3 Å². The SMILES string of the molecule is CC.CC1(C)Oc2cnc3nc2N(C1=O)[C@@H]1CC[C@@H](C1)OC(=O)NCCCCCNS(=O)(=O)c1ccc(cc1)N3. The van der Waals surface area contributed by atoms with Crippen LogP contribution in [0.25, 0.3) is 0 Å². The van der Waals surface area contributed by atoms with Gasteiger partial charge in [0.25, 0.3) is 5.91 Å². The van der Waals surface area contributed by atoms with Gasteiger partial charge in [-0.3, -0.25) is 9.69 Å². The Morgan fingerprint density at radius 2 is 1.75 bits per heavy atom. The van der Waals surface area contributed by atoms with Crippen molar-refractivity contribution in [1.29, 1.82) is 0 Å². The quantitative estimate of drug-likeness (QED) is 0.426. The topological polar surface area (TPSA) is 152 Å². The third-order valence-corrected chi connectivity index (χ3v) is 8.37. The highest BCUT2D eigenvalue weighted by Gasteiger charge is 2.47. The summed E-state index contributed by atoms with van der Waals surface area (Å²) in [6, 6.07) is 6.05. The molecule has 218 valence electrons. The Morgan fingerprint density at radius 3 is 2.50 bits per heavy atom. The minimum absolute atomic E-state index is 0.143. The van der Waals surface area contributed by atoms with Crippen LogP contribution in [0.15, 0.2) is 35.4 Å². The molecule has 40 heavy (non-hydrogen) atoms. The first-order valence-electron chi connectivity index (χ1n) is 13.8. The third kappa shape index (κ3) is 6.64. The van der Waals surface area contributed by atoms with Gasteiger partial charge in [-0.2, -0.15) is 4.98 Å². The molecule has 1 aliphatic carbocycles. The molecule has 3 aliphatic heterocycles. The van der Waals surface area contributed by atoms with E-state index in [1.807, 2.05) is 13.8 Å². The molecule has 6 rings (SSSR count). The molecule has 4 heterocycles. The van der Waals surface area contributed by atoms with Crippen LogP contribution in [0.1, 0.15) is 66.2 Å². The second-order valence-electron chi connectivity index (χ2n) is 10.2. The maximum Gasteiger partial charge on any atom is 0.407 e. The summed E-state index contributed by atoms with van der Waals surface area (Å²) >= 11 is 0. The van der Waals surface area contributed by atoms with E-state index < -0.39 is 21.7 Å². The van der Waals surface area contributed by atoms with Gasteiger partial charge in [-0.25, -0.2) is 22.9 Å². The van der Waals surface area contributed by atoms with Gasteiger partial charge in [0.1, 0.15) is 6.10 Å². The second-order valence-corrected chi connectivity index (χ2v) is 12.0. The molecule has 13 heteroatoms. The van der Waals surface area contributed by atoms with E-state index >= 15 is 0 Å². The average Bonchev–Trinajstić information content (AvgIpc) is 3.37. The lowest BCUT2D eigenvalue weighted by molar-refractivity contribution is -0.133. The van der Waals surface area contributed by atoms with Gasteiger partial charge < -0.3 is 20.1 Å². The second kappa shape index (κ2) is 12.4. The minimum atomic E-state index is -3.66. The van der Waals surface area contributed by atoms with Crippen molar-refractivity contribution in [3.8, 4) is 5.75 Å². The van der Waals surface area contributed by atoms with Crippen molar-refractivity contribution < 1.29 is 27.5 Å². The number of sulfonamides is 1. The van der Waals surface area contributed by atoms with Crippen molar-refractivity contribution in [3.05, 3.63) is 30.5 Å². The number of alkyl carbamates (subject to hydrolysis) is 1. The predicted molar refractivity (Wildman–Crippen MR) is 150 cm³/mol. The standard InChI is InChI=1S/C25H32N6O6S.C2H6/c1-25(2)22(32)31-17-8-9-18(14-17)36-24(33)26-12-4-3-5-13-28-38(34,35)19-10-6-16(7-11-19)29-23-27-15-20(37-25)21(31)30-23;1-2/h6-7,10-11,15,17-18,28H,3-5,8-9,12-14H2,1-2H3,(H,26,33)(H,27,29,30);1-2H3/t17-,18+;/m1./s1. The summed E-state index contributed by atoms with van der Waals surface area (Å²) in [5.41, 5.74) is -0.525. The Balaban J connectivity index is 0.00000181. The highest BCUT2D eigenvalue weighted by atomic mass is 32.2. The first-order chi connectivity index (χ1) is 19.1. The number of ether oxygens (including phenoxy) is 2. The van der Waals surface area contributed by atoms with Crippen LogP contribution in [-0.2, 0) is 19.6 Å². The van der Waals surface area contributed by atoms with Crippen LogP contribution in [0.2, 0.25) is 0 Å². The van der Waals surface area contributed by atoms with Gasteiger partial charge in [0.2, 0.25) is 16.0 Å². The molecule has 1 saturated carbocycles. The molecule has 6 bridgehead atoms. The van der Waals surface area contributed by atoms with Crippen LogP contribution in [0.5, 0.6) is 5.75 Å². The number of amides is 2. The molecule has 12 nitrogen and oxygen atoms in total. The Morgan fingerprint density at radius 1 is 1.02 bits per heavy atom. The molecule has 3 N–H and O–H groups in total. The summed E-state index contributed by atoms with van der Waals surface area (Å²) in [6.45, 7) is 8.13. The molecule has 1 aromatic heterocycles. The molecule has 1 aromatic carbocycles. The van der Waals surface area contributed by atoms with E-state index in [4.69, 9.17) is 9.47 Å². The van der Waals surface area contributed by atoms with Gasteiger partial charge in [0.05, 0.1) is 11.1 Å². The Kier molecular flexibility index (Phi) is 9.14. The largest absolute Gasteiger partial charge is 0.472 e. The summed E-state index contributed by atoms with van der Waals surface area (Å²) < 4.78 is 39.4. The number of nitrogens with one attached hydrogen (secondary N) is 3. The van der Waals surface area contributed by atoms with Crippen molar-refractivity contribution in [2.24, 2.45) is 0 Å². The lowest BCUT2D eigenvalue weighted by Gasteiger charge is -2.40. The summed E-state index contributed by atoms with van der Waals surface area (Å²) in [5.74, 6) is 0.712. The number of carbonyl (C=O) groups is 2. The van der Waals surface area contributed by atoms with Gasteiger partial charge in [-0.15, -0.1) is 0 Å². The third-order valence-electron chi connectivity index (χ3n) is 6.89. The zero-order valence-electron chi connectivity index (χ0n) is 23.4. The number of benzene rings is 1. The summed E-state index contributed by atoms with van der Waals surface area (Å²) in [6.07, 6.45) is 4.53. The number of hydrogen-bond acceptors (Lipinski definition) is 9. The van der Waals surface area contributed by atoms with Crippen LogP contribution in [0, 0.1) is 0 Å². The lowest BCUT2D eigenvalue weighted by Crippen LogP contribution is -2.56. The fourth-order valence-corrected chi connectivity index (χ4v) is 5.99. The van der Waals surface area contributed by atoms with Crippen molar-refractivity contribution in [2.45, 2.75) is 88.9 Å². The van der Waals surface area contributed by atoms with Crippen molar-refractivity contribution in [1.82, 2.24) is 20.0 Å². The fourth-order valence-electron chi connectivity index (χ4n) is 4.92. The molecule has 2 amide bonds. The van der Waals surface area contributed by atoms with E-state index in [9.17, 15) is 18.0 Å². The van der Waals surface area contributed by atoms with Gasteiger partial charge in [0, 0.05) is 31.2 Å². The Hall–Kier alpha value is -3.45. The zero-order chi connectivity index (χ0) is 28.9. The molecule has 0 radical (unpaired) electrons. The maximum atomic E-state index is 13.5. The Labute approximate surface area is 235 Å². The van der Waals surface area contributed by atoms with Crippen LogP contribution < -0.4 is 25.0 Å². The van der Waals surface area contributed by atoms with Gasteiger partial charge in [0.15, 0.2) is 17.2 Å². The fraction of sp³-hybridized carbons (Fsp3) is 0.556. The molecule has 0 unspecified atom stereocenters. The molecule has 0 saturated heterocycles. The molecule has 1 fully saturated rings. The zero-order valence-corrected chi connectivity index (χ0v) is 24.2. The predicted octanol–water partition coefficient (Wildman–Crippen LogP) is 3.86. The van der Waals surface area contributed by atoms with E-state index in [0.717, 1.165) is 6.42 Å². The van der Waals surface area contributed by atoms with Crippen LogP contribution in [-0.4, -0.2) is 61.2 Å². The molecule has 2 aromatic rings. The summed E-state index contributed by atoms with van der Waals surface area (Å²) in [5, 5.41) is 5.83. The van der Waals surface area contributed by atoms with Gasteiger partial charge in [-0.05, 0) is 63.8 Å². The molecule has 0 spiro atoms. The van der Waals surface area contributed by atoms with Crippen molar-refractivity contribution >= 4 is 39.5 Å². The van der Waals surface area contributed by atoms with Gasteiger partial charge in [-0.1, -0.05) is 20.3 Å². The van der Waals surface area contributed by atoms with E-state index in [-0.39, 0.29) is 28.9 Å². The van der Waals surface area contributed by atoms with E-state index in [2.05, 4.69) is 25.3 Å². The average molecular weight is 575 g/mol. The first kappa shape index (κ1) is 29.5.